The fourth-order valence-electron chi connectivity index (χ4n) is 3.45. The van der Waals surface area contributed by atoms with Crippen LogP contribution in [-0.4, -0.2) is 94.5 Å². The second-order valence-corrected chi connectivity index (χ2v) is 8.99. The molecule has 1 aliphatic rings. The zero-order valence-electron chi connectivity index (χ0n) is 23.0. The summed E-state index contributed by atoms with van der Waals surface area (Å²) in [5, 5.41) is 11.2. The number of hydrogen-bond acceptors (Lipinski definition) is 10. The Hall–Kier alpha value is -3.81. The molecule has 3 rings (SSSR count). The van der Waals surface area contributed by atoms with Gasteiger partial charge in [0.2, 0.25) is 11.8 Å². The SMILES string of the molecule is COC.COC[C@H](NC(=O)c1cc(C)on1)C(=O)NCC(=O)N[C@@H](Cc1cccc(OC)c1)C(=O)[C@@]1(C)CO1. The highest BCUT2D eigenvalue weighted by molar-refractivity contribution is 5.98. The van der Waals surface area contributed by atoms with E-state index in [0.717, 1.165) is 5.56 Å². The summed E-state index contributed by atoms with van der Waals surface area (Å²) in [4.78, 5) is 50.6. The number of amides is 3. The predicted molar refractivity (Wildman–Crippen MR) is 138 cm³/mol. The standard InChI is InChI=1S/C24H30N4O8.C2H6O/c1-14-8-18(28-36-14)23(32)27-19(12-33-3)22(31)25-11-20(29)26-17(21(30)24(2)13-35-24)10-15-6-5-7-16(9-15)34-4;1-3-2/h5-9,17,19H,10-13H2,1-4H3,(H,25,31)(H,26,29)(H,27,32);1-2H3/t17-,19-,24+;/m0./s1. The first-order valence-corrected chi connectivity index (χ1v) is 12.1. The van der Waals surface area contributed by atoms with Crippen LogP contribution < -0.4 is 20.7 Å². The highest BCUT2D eigenvalue weighted by Crippen LogP contribution is 2.29. The smallest absolute Gasteiger partial charge is 0.274 e. The molecule has 13 heteroatoms. The summed E-state index contributed by atoms with van der Waals surface area (Å²) in [7, 11) is 6.16. The quantitative estimate of drug-likeness (QED) is 0.294. The molecular formula is C26H36N4O9. The lowest BCUT2D eigenvalue weighted by Crippen LogP contribution is -2.53. The van der Waals surface area contributed by atoms with Crippen LogP contribution in [0, 0.1) is 6.92 Å². The molecule has 1 aromatic heterocycles. The maximum absolute atomic E-state index is 13.0. The number of benzene rings is 1. The molecule has 0 bridgehead atoms. The Morgan fingerprint density at radius 2 is 1.77 bits per heavy atom. The lowest BCUT2D eigenvalue weighted by atomic mass is 9.94. The predicted octanol–water partition coefficient (Wildman–Crippen LogP) is 0.201. The molecule has 214 valence electrons. The van der Waals surface area contributed by atoms with Crippen LogP contribution in [0.3, 0.4) is 0 Å². The van der Waals surface area contributed by atoms with Crippen molar-refractivity contribution in [2.24, 2.45) is 0 Å². The lowest BCUT2D eigenvalue weighted by molar-refractivity contribution is -0.131. The maximum atomic E-state index is 13.0. The van der Waals surface area contributed by atoms with Crippen molar-refractivity contribution in [2.45, 2.75) is 38.0 Å². The van der Waals surface area contributed by atoms with Gasteiger partial charge in [0, 0.05) is 27.4 Å². The van der Waals surface area contributed by atoms with Gasteiger partial charge in [0.05, 0.1) is 32.9 Å². The Balaban J connectivity index is 0.00000170. The third-order valence-corrected chi connectivity index (χ3v) is 5.56. The average molecular weight is 549 g/mol. The molecule has 1 aliphatic heterocycles. The van der Waals surface area contributed by atoms with E-state index in [1.165, 1.54) is 20.3 Å². The Morgan fingerprint density at radius 1 is 1.08 bits per heavy atom. The van der Waals surface area contributed by atoms with E-state index in [2.05, 4.69) is 25.8 Å². The van der Waals surface area contributed by atoms with Crippen LogP contribution in [0.4, 0.5) is 0 Å². The van der Waals surface area contributed by atoms with E-state index in [9.17, 15) is 19.2 Å². The van der Waals surface area contributed by atoms with Gasteiger partial charge in [0.25, 0.3) is 5.91 Å². The molecule has 0 radical (unpaired) electrons. The van der Waals surface area contributed by atoms with Crippen LogP contribution in [-0.2, 0) is 35.0 Å². The molecule has 3 N–H and O–H groups in total. The molecule has 1 fully saturated rings. The number of nitrogens with one attached hydrogen (secondary N) is 3. The number of ketones is 1. The molecule has 3 atom stereocenters. The van der Waals surface area contributed by atoms with Gasteiger partial charge in [0.15, 0.2) is 11.5 Å². The number of carbonyl (C=O) groups excluding carboxylic acids is 4. The van der Waals surface area contributed by atoms with E-state index < -0.39 is 42.0 Å². The molecular weight excluding hydrogens is 512 g/mol. The summed E-state index contributed by atoms with van der Waals surface area (Å²) in [5.41, 5.74) is -0.158. The van der Waals surface area contributed by atoms with Gasteiger partial charge in [-0.1, -0.05) is 17.3 Å². The lowest BCUT2D eigenvalue weighted by Gasteiger charge is -2.21. The van der Waals surface area contributed by atoms with Crippen LogP contribution in [0.5, 0.6) is 5.75 Å². The van der Waals surface area contributed by atoms with Gasteiger partial charge >= 0.3 is 0 Å². The van der Waals surface area contributed by atoms with E-state index in [1.54, 1.807) is 46.3 Å². The molecule has 2 heterocycles. The molecule has 2 aromatic rings. The molecule has 0 aliphatic carbocycles. The molecule has 0 unspecified atom stereocenters. The first kappa shape index (κ1) is 31.4. The van der Waals surface area contributed by atoms with Crippen molar-refractivity contribution in [3.63, 3.8) is 0 Å². The van der Waals surface area contributed by atoms with Crippen LogP contribution in [0.15, 0.2) is 34.9 Å². The number of Topliss-reactive ketones (excluding diaryl/α,β-unsaturated/α-hetero) is 1. The van der Waals surface area contributed by atoms with Crippen molar-refractivity contribution in [1.29, 1.82) is 0 Å². The monoisotopic (exact) mass is 548 g/mol. The van der Waals surface area contributed by atoms with Crippen LogP contribution in [0.25, 0.3) is 0 Å². The van der Waals surface area contributed by atoms with Gasteiger partial charge in [-0.25, -0.2) is 0 Å². The zero-order chi connectivity index (χ0) is 29.0. The molecule has 1 aromatic carbocycles. The number of rotatable bonds is 13. The zero-order valence-corrected chi connectivity index (χ0v) is 23.0. The first-order chi connectivity index (χ1) is 18.6. The molecule has 1 saturated heterocycles. The number of carbonyl (C=O) groups is 4. The number of ether oxygens (including phenoxy) is 4. The summed E-state index contributed by atoms with van der Waals surface area (Å²) in [6, 6.07) is 6.63. The summed E-state index contributed by atoms with van der Waals surface area (Å²) in [5.74, 6) is -1.06. The molecule has 0 spiro atoms. The molecule has 13 nitrogen and oxygen atoms in total. The topological polar surface area (TPSA) is 171 Å². The number of nitrogens with zero attached hydrogens (tertiary/aromatic N) is 1. The van der Waals surface area contributed by atoms with Crippen molar-refractivity contribution in [2.75, 3.05) is 48.2 Å². The van der Waals surface area contributed by atoms with Crippen molar-refractivity contribution in [3.05, 3.63) is 47.3 Å². The van der Waals surface area contributed by atoms with Gasteiger partial charge in [-0.3, -0.25) is 19.2 Å². The van der Waals surface area contributed by atoms with Crippen molar-refractivity contribution < 1.29 is 42.6 Å². The van der Waals surface area contributed by atoms with E-state index in [1.807, 2.05) is 6.07 Å². The third kappa shape index (κ3) is 9.78. The van der Waals surface area contributed by atoms with Gasteiger partial charge in [-0.15, -0.1) is 0 Å². The first-order valence-electron chi connectivity index (χ1n) is 12.1. The fourth-order valence-corrected chi connectivity index (χ4v) is 3.45. The summed E-state index contributed by atoms with van der Waals surface area (Å²) in [6.45, 7) is 3.01. The maximum Gasteiger partial charge on any atom is 0.274 e. The highest BCUT2D eigenvalue weighted by atomic mass is 16.6. The second kappa shape index (κ2) is 15.0. The Kier molecular flexibility index (Phi) is 12.0. The van der Waals surface area contributed by atoms with Crippen molar-refractivity contribution in [1.82, 2.24) is 21.1 Å². The van der Waals surface area contributed by atoms with Gasteiger partial charge in [0.1, 0.15) is 23.2 Å². The van der Waals surface area contributed by atoms with Crippen molar-refractivity contribution >= 4 is 23.5 Å². The average Bonchev–Trinajstić information content (AvgIpc) is 3.52. The van der Waals surface area contributed by atoms with E-state index >= 15 is 0 Å². The Labute approximate surface area is 226 Å². The molecule has 0 saturated carbocycles. The van der Waals surface area contributed by atoms with Crippen LogP contribution >= 0.6 is 0 Å². The largest absolute Gasteiger partial charge is 0.497 e. The number of aryl methyl sites for hydroxylation is 1. The molecule has 39 heavy (non-hydrogen) atoms. The van der Waals surface area contributed by atoms with E-state index in [4.69, 9.17) is 18.7 Å². The highest BCUT2D eigenvalue weighted by Gasteiger charge is 2.50. The summed E-state index contributed by atoms with van der Waals surface area (Å²) >= 11 is 0. The second-order valence-electron chi connectivity index (χ2n) is 8.99. The van der Waals surface area contributed by atoms with Gasteiger partial charge < -0.3 is 39.4 Å². The van der Waals surface area contributed by atoms with Crippen LogP contribution in [0.2, 0.25) is 0 Å². The number of aromatic nitrogens is 1. The summed E-state index contributed by atoms with van der Waals surface area (Å²) in [6.07, 6.45) is 0.216. The summed E-state index contributed by atoms with van der Waals surface area (Å²) < 4.78 is 24.6. The van der Waals surface area contributed by atoms with Crippen molar-refractivity contribution in [3.8, 4) is 5.75 Å². The Morgan fingerprint density at radius 3 is 2.33 bits per heavy atom. The third-order valence-electron chi connectivity index (χ3n) is 5.56. The number of methoxy groups -OCH3 is 3. The molecule has 3 amide bonds. The minimum Gasteiger partial charge on any atom is -0.497 e. The minimum absolute atomic E-state index is 0.00818. The fraction of sp³-hybridized carbons (Fsp3) is 0.500. The normalized spacial score (nSPS) is 17.1. The van der Waals surface area contributed by atoms with Gasteiger partial charge in [-0.2, -0.15) is 0 Å². The minimum atomic E-state index is -1.08. The van der Waals surface area contributed by atoms with Crippen LogP contribution in [0.1, 0.15) is 28.7 Å². The van der Waals surface area contributed by atoms with Gasteiger partial charge in [-0.05, 0) is 38.0 Å². The number of hydrogen-bond donors (Lipinski definition) is 3. The Bertz CT molecular complexity index is 1130. The van der Waals surface area contributed by atoms with E-state index in [-0.39, 0.29) is 31.1 Å². The number of epoxide rings is 1. The van der Waals surface area contributed by atoms with E-state index in [0.29, 0.717) is 11.5 Å².